The van der Waals surface area contributed by atoms with Crippen molar-refractivity contribution >= 4 is 23.1 Å². The van der Waals surface area contributed by atoms with Gasteiger partial charge in [0.2, 0.25) is 5.78 Å². The van der Waals surface area contributed by atoms with Gasteiger partial charge >= 0.3 is 0 Å². The van der Waals surface area contributed by atoms with E-state index >= 15 is 0 Å². The van der Waals surface area contributed by atoms with Crippen LogP contribution in [0.5, 0.6) is 5.75 Å². The number of hydrogen-bond donors (Lipinski definition) is 0. The minimum Gasteiger partial charge on any atom is -0.497 e. The van der Waals surface area contributed by atoms with Gasteiger partial charge in [0.15, 0.2) is 5.78 Å². The summed E-state index contributed by atoms with van der Waals surface area (Å²) in [7, 11) is 1.59. The number of allylic oxidation sites excluding steroid dienone is 2. The van der Waals surface area contributed by atoms with E-state index in [9.17, 15) is 14.4 Å². The van der Waals surface area contributed by atoms with E-state index in [-0.39, 0.29) is 23.0 Å². The van der Waals surface area contributed by atoms with Gasteiger partial charge in [-0.05, 0) is 30.5 Å². The Balaban J connectivity index is 1.74. The van der Waals surface area contributed by atoms with Crippen molar-refractivity contribution in [2.24, 2.45) is 10.9 Å². The summed E-state index contributed by atoms with van der Waals surface area (Å²) in [5.41, 5.74) is 2.87. The Morgan fingerprint density at radius 1 is 0.862 bits per heavy atom. The second-order valence-electron chi connectivity index (χ2n) is 7.62. The summed E-state index contributed by atoms with van der Waals surface area (Å²) in [4.78, 5) is 44.2. The molecule has 0 spiro atoms. The van der Waals surface area contributed by atoms with Crippen molar-refractivity contribution in [3.63, 3.8) is 0 Å². The van der Waals surface area contributed by atoms with Crippen LogP contribution in [0, 0.1) is 5.92 Å². The second kappa shape index (κ2) is 6.62. The molecule has 29 heavy (non-hydrogen) atoms. The highest BCUT2D eigenvalue weighted by molar-refractivity contribution is 6.29. The number of hydrogen-bond acceptors (Lipinski definition) is 5. The van der Waals surface area contributed by atoms with Gasteiger partial charge < -0.3 is 4.74 Å². The average Bonchev–Trinajstić information content (AvgIpc) is 2.76. The van der Waals surface area contributed by atoms with Crippen LogP contribution in [0.25, 0.3) is 0 Å². The van der Waals surface area contributed by atoms with E-state index in [0.717, 1.165) is 17.7 Å². The molecule has 1 fully saturated rings. The maximum Gasteiger partial charge on any atom is 0.212 e. The van der Waals surface area contributed by atoms with Crippen LogP contribution in [-0.4, -0.2) is 30.2 Å². The number of aliphatic imine (C=N–C) groups is 1. The molecule has 0 radical (unpaired) electrons. The van der Waals surface area contributed by atoms with Gasteiger partial charge in [0.25, 0.3) is 0 Å². The van der Waals surface area contributed by atoms with Crippen LogP contribution >= 0.6 is 0 Å². The smallest absolute Gasteiger partial charge is 0.212 e. The molecule has 1 aliphatic heterocycles. The van der Waals surface area contributed by atoms with Gasteiger partial charge in [-0.3, -0.25) is 19.4 Å². The summed E-state index contributed by atoms with van der Waals surface area (Å²) in [6.45, 7) is 0. The van der Waals surface area contributed by atoms with Crippen LogP contribution in [0.4, 0.5) is 0 Å². The first kappa shape index (κ1) is 17.7. The Morgan fingerprint density at radius 3 is 2.24 bits per heavy atom. The van der Waals surface area contributed by atoms with Crippen molar-refractivity contribution in [3.05, 3.63) is 76.5 Å². The molecule has 3 aliphatic rings. The number of fused-ring (bicyclic) bond motifs is 2. The van der Waals surface area contributed by atoms with Gasteiger partial charge in [0.1, 0.15) is 17.2 Å². The molecular formula is C24H19NO4. The van der Waals surface area contributed by atoms with Gasteiger partial charge in [-0.15, -0.1) is 0 Å². The lowest BCUT2D eigenvalue weighted by Gasteiger charge is -2.37. The predicted octanol–water partition coefficient (Wildman–Crippen LogP) is 3.94. The lowest BCUT2D eigenvalue weighted by molar-refractivity contribution is -0.121. The zero-order chi connectivity index (χ0) is 20.1. The fraction of sp³-hybridized carbons (Fsp3) is 0.250. The van der Waals surface area contributed by atoms with Gasteiger partial charge in [-0.2, -0.15) is 0 Å². The number of benzene rings is 2. The van der Waals surface area contributed by atoms with E-state index in [1.165, 1.54) is 0 Å². The lowest BCUT2D eigenvalue weighted by Crippen LogP contribution is -2.41. The molecule has 2 aromatic carbocycles. The normalized spacial score (nSPS) is 23.2. The summed E-state index contributed by atoms with van der Waals surface area (Å²) in [6, 6.07) is 14.2. The maximum absolute atomic E-state index is 13.5. The predicted molar refractivity (Wildman–Crippen MR) is 108 cm³/mol. The standard InChI is InChI=1S/C24H19NO4/c1-29-14-11-9-13(10-12-14)19-20-17(7-4-8-18(20)26)25-22-21(19)23(27)15-5-2-3-6-16(15)24(22)28/h2-3,5-6,9-12,19-20H,4,7-8H2,1H3. The quantitative estimate of drug-likeness (QED) is 0.785. The Kier molecular flexibility index (Phi) is 4.05. The molecule has 0 amide bonds. The van der Waals surface area contributed by atoms with Crippen molar-refractivity contribution in [1.29, 1.82) is 0 Å². The van der Waals surface area contributed by atoms with Gasteiger partial charge in [0.05, 0.1) is 13.0 Å². The highest BCUT2D eigenvalue weighted by Gasteiger charge is 2.47. The number of carbonyl (C=O) groups is 3. The molecule has 2 aliphatic carbocycles. The summed E-state index contributed by atoms with van der Waals surface area (Å²) in [5, 5.41) is 0. The van der Waals surface area contributed by atoms with Crippen molar-refractivity contribution in [2.75, 3.05) is 7.11 Å². The van der Waals surface area contributed by atoms with E-state index < -0.39 is 11.8 Å². The van der Waals surface area contributed by atoms with Crippen LogP contribution in [-0.2, 0) is 4.79 Å². The highest BCUT2D eigenvalue weighted by Crippen LogP contribution is 2.46. The zero-order valence-corrected chi connectivity index (χ0v) is 16.0. The van der Waals surface area contributed by atoms with Crippen LogP contribution in [0.3, 0.4) is 0 Å². The maximum atomic E-state index is 13.5. The van der Waals surface area contributed by atoms with Gasteiger partial charge in [-0.1, -0.05) is 36.4 Å². The molecule has 2 atom stereocenters. The molecule has 144 valence electrons. The lowest BCUT2D eigenvalue weighted by atomic mass is 9.66. The molecule has 5 nitrogen and oxygen atoms in total. The number of ether oxygens (including phenoxy) is 1. The number of ketones is 3. The molecule has 5 heteroatoms. The van der Waals surface area contributed by atoms with Gasteiger partial charge in [0, 0.05) is 34.8 Å². The number of Topliss-reactive ketones (excluding diaryl/α,β-unsaturated/α-hetero) is 3. The molecule has 0 N–H and O–H groups in total. The molecule has 5 rings (SSSR count). The van der Waals surface area contributed by atoms with Crippen LogP contribution in [0.2, 0.25) is 0 Å². The van der Waals surface area contributed by atoms with E-state index in [1.807, 2.05) is 24.3 Å². The van der Waals surface area contributed by atoms with E-state index in [1.54, 1.807) is 31.4 Å². The minimum absolute atomic E-state index is 0.0847. The zero-order valence-electron chi connectivity index (χ0n) is 16.0. The summed E-state index contributed by atoms with van der Waals surface area (Å²) >= 11 is 0. The fourth-order valence-corrected chi connectivity index (χ4v) is 4.71. The molecule has 2 unspecified atom stereocenters. The first-order valence-electron chi connectivity index (χ1n) is 9.77. The van der Waals surface area contributed by atoms with Crippen LogP contribution < -0.4 is 4.74 Å². The Labute approximate surface area is 168 Å². The third kappa shape index (κ3) is 2.61. The Bertz CT molecular complexity index is 1120. The monoisotopic (exact) mass is 385 g/mol. The summed E-state index contributed by atoms with van der Waals surface area (Å²) in [5.74, 6) is -0.658. The van der Waals surface area contributed by atoms with Crippen LogP contribution in [0.1, 0.15) is 51.5 Å². The first-order chi connectivity index (χ1) is 14.1. The fourth-order valence-electron chi connectivity index (χ4n) is 4.71. The number of nitrogens with zero attached hydrogens (tertiary/aromatic N) is 1. The van der Waals surface area contributed by atoms with Crippen molar-refractivity contribution in [1.82, 2.24) is 0 Å². The third-order valence-electron chi connectivity index (χ3n) is 6.07. The number of methoxy groups -OCH3 is 1. The molecule has 2 aromatic rings. The molecule has 0 saturated heterocycles. The Morgan fingerprint density at radius 2 is 1.55 bits per heavy atom. The van der Waals surface area contributed by atoms with Crippen molar-refractivity contribution in [3.8, 4) is 5.75 Å². The summed E-state index contributed by atoms with van der Waals surface area (Å²) in [6.07, 6.45) is 1.87. The van der Waals surface area contributed by atoms with Crippen molar-refractivity contribution in [2.45, 2.75) is 25.2 Å². The molecule has 1 saturated carbocycles. The molecule has 1 heterocycles. The summed E-state index contributed by atoms with van der Waals surface area (Å²) < 4.78 is 5.25. The third-order valence-corrected chi connectivity index (χ3v) is 6.07. The highest BCUT2D eigenvalue weighted by atomic mass is 16.5. The first-order valence-corrected chi connectivity index (χ1v) is 9.77. The topological polar surface area (TPSA) is 72.8 Å². The van der Waals surface area contributed by atoms with Crippen LogP contribution in [0.15, 0.2) is 64.8 Å². The number of carbonyl (C=O) groups excluding carboxylic acids is 3. The molecule has 0 aromatic heterocycles. The minimum atomic E-state index is -0.499. The van der Waals surface area contributed by atoms with E-state index in [4.69, 9.17) is 4.74 Å². The van der Waals surface area contributed by atoms with E-state index in [0.29, 0.717) is 35.3 Å². The molecular weight excluding hydrogens is 366 g/mol. The largest absolute Gasteiger partial charge is 0.497 e. The van der Waals surface area contributed by atoms with Gasteiger partial charge in [-0.25, -0.2) is 0 Å². The van der Waals surface area contributed by atoms with Crippen molar-refractivity contribution < 1.29 is 19.1 Å². The Hall–Kier alpha value is -3.34. The van der Waals surface area contributed by atoms with E-state index in [2.05, 4.69) is 4.99 Å². The SMILES string of the molecule is COc1ccc(C2C3=C(N=C4CCCC(=O)C42)C(=O)c2ccccc2C3=O)cc1. The number of rotatable bonds is 2. The molecule has 0 bridgehead atoms. The average molecular weight is 385 g/mol. The second-order valence-corrected chi connectivity index (χ2v) is 7.62.